The standard InChI is InChI=1S/C19H27N3O4S/c1-15-3-4-16(2)18(13-15)27(25,26)22-7-5-17(6-8-22)19(24)21-11-9-20(14-23)10-12-21/h3-4,13-14,17H,5-12H2,1-2H3. The van der Waals surface area contributed by atoms with Gasteiger partial charge in [-0.3, -0.25) is 9.59 Å². The molecule has 2 amide bonds. The van der Waals surface area contributed by atoms with Crippen LogP contribution in [0.15, 0.2) is 23.1 Å². The van der Waals surface area contributed by atoms with E-state index in [9.17, 15) is 18.0 Å². The molecule has 0 N–H and O–H groups in total. The molecule has 0 radical (unpaired) electrons. The minimum Gasteiger partial charge on any atom is -0.342 e. The lowest BCUT2D eigenvalue weighted by atomic mass is 9.96. The second kappa shape index (κ2) is 7.98. The lowest BCUT2D eigenvalue weighted by Gasteiger charge is -2.37. The van der Waals surface area contributed by atoms with Crippen molar-refractivity contribution in [2.75, 3.05) is 39.3 Å². The van der Waals surface area contributed by atoms with Gasteiger partial charge in [0, 0.05) is 45.2 Å². The fourth-order valence-corrected chi connectivity index (χ4v) is 5.55. The number of amides is 2. The van der Waals surface area contributed by atoms with E-state index in [1.165, 1.54) is 4.31 Å². The van der Waals surface area contributed by atoms with Gasteiger partial charge in [-0.15, -0.1) is 0 Å². The lowest BCUT2D eigenvalue weighted by Crippen LogP contribution is -2.51. The summed E-state index contributed by atoms with van der Waals surface area (Å²) in [7, 11) is -3.54. The van der Waals surface area contributed by atoms with Crippen LogP contribution in [0.2, 0.25) is 0 Å². The van der Waals surface area contributed by atoms with Crippen molar-refractivity contribution >= 4 is 22.3 Å². The van der Waals surface area contributed by atoms with Crippen molar-refractivity contribution in [1.29, 1.82) is 0 Å². The van der Waals surface area contributed by atoms with E-state index >= 15 is 0 Å². The second-order valence-electron chi connectivity index (χ2n) is 7.41. The van der Waals surface area contributed by atoms with Crippen molar-refractivity contribution < 1.29 is 18.0 Å². The summed E-state index contributed by atoms with van der Waals surface area (Å²) >= 11 is 0. The van der Waals surface area contributed by atoms with Crippen molar-refractivity contribution in [2.45, 2.75) is 31.6 Å². The first kappa shape index (κ1) is 19.8. The summed E-state index contributed by atoms with van der Waals surface area (Å²) in [5.74, 6) is -0.0535. The zero-order chi connectivity index (χ0) is 19.6. The molecule has 0 saturated carbocycles. The molecule has 0 unspecified atom stereocenters. The van der Waals surface area contributed by atoms with Crippen molar-refractivity contribution in [1.82, 2.24) is 14.1 Å². The fourth-order valence-electron chi connectivity index (χ4n) is 3.77. The summed E-state index contributed by atoms with van der Waals surface area (Å²) in [5.41, 5.74) is 1.66. The number of hydrogen-bond donors (Lipinski definition) is 0. The number of rotatable bonds is 4. The molecule has 7 nitrogen and oxygen atoms in total. The highest BCUT2D eigenvalue weighted by Gasteiger charge is 2.35. The van der Waals surface area contributed by atoms with Crippen LogP contribution in [0.4, 0.5) is 0 Å². The van der Waals surface area contributed by atoms with E-state index in [1.807, 2.05) is 26.0 Å². The number of piperazine rings is 1. The third-order valence-corrected chi connectivity index (χ3v) is 7.58. The molecule has 2 aliphatic heterocycles. The van der Waals surface area contributed by atoms with Crippen LogP contribution in [-0.4, -0.2) is 74.1 Å². The van der Waals surface area contributed by atoms with E-state index < -0.39 is 10.0 Å². The van der Waals surface area contributed by atoms with Gasteiger partial charge < -0.3 is 9.80 Å². The van der Waals surface area contributed by atoms with E-state index in [-0.39, 0.29) is 11.8 Å². The minimum atomic E-state index is -3.54. The second-order valence-corrected chi connectivity index (χ2v) is 9.32. The number of nitrogens with zero attached hydrogens (tertiary/aromatic N) is 3. The molecule has 2 heterocycles. The van der Waals surface area contributed by atoms with E-state index in [1.54, 1.807) is 15.9 Å². The molecule has 148 valence electrons. The smallest absolute Gasteiger partial charge is 0.243 e. The van der Waals surface area contributed by atoms with E-state index in [0.717, 1.165) is 17.5 Å². The molecule has 2 aliphatic rings. The van der Waals surface area contributed by atoms with Gasteiger partial charge in [-0.05, 0) is 43.9 Å². The topological polar surface area (TPSA) is 78.0 Å². The van der Waals surface area contributed by atoms with E-state index in [4.69, 9.17) is 0 Å². The van der Waals surface area contributed by atoms with Gasteiger partial charge in [-0.1, -0.05) is 12.1 Å². The Morgan fingerprint density at radius 1 is 1.04 bits per heavy atom. The average Bonchev–Trinajstić information content (AvgIpc) is 2.69. The van der Waals surface area contributed by atoms with Crippen LogP contribution < -0.4 is 0 Å². The largest absolute Gasteiger partial charge is 0.342 e. The summed E-state index contributed by atoms with van der Waals surface area (Å²) in [6, 6.07) is 5.45. The summed E-state index contributed by atoms with van der Waals surface area (Å²) < 4.78 is 27.5. The highest BCUT2D eigenvalue weighted by Crippen LogP contribution is 2.27. The molecule has 2 saturated heterocycles. The Bertz CT molecular complexity index is 808. The molecule has 1 aromatic carbocycles. The number of piperidine rings is 1. The van der Waals surface area contributed by atoms with Crippen molar-refractivity contribution in [3.05, 3.63) is 29.3 Å². The number of carbonyl (C=O) groups is 2. The maximum Gasteiger partial charge on any atom is 0.243 e. The third kappa shape index (κ3) is 4.16. The summed E-state index contributed by atoms with van der Waals surface area (Å²) in [4.78, 5) is 27.3. The molecule has 0 aromatic heterocycles. The molecule has 0 bridgehead atoms. The molecule has 3 rings (SSSR count). The Morgan fingerprint density at radius 2 is 1.67 bits per heavy atom. The maximum atomic E-state index is 13.0. The zero-order valence-corrected chi connectivity index (χ0v) is 16.7. The van der Waals surface area contributed by atoms with Crippen LogP contribution in [-0.2, 0) is 19.6 Å². The fraction of sp³-hybridized carbons (Fsp3) is 0.579. The van der Waals surface area contributed by atoms with E-state index in [2.05, 4.69) is 0 Å². The third-order valence-electron chi connectivity index (χ3n) is 5.54. The summed E-state index contributed by atoms with van der Waals surface area (Å²) in [6.07, 6.45) is 1.89. The van der Waals surface area contributed by atoms with Crippen LogP contribution in [0.3, 0.4) is 0 Å². The zero-order valence-electron chi connectivity index (χ0n) is 15.9. The number of hydrogen-bond acceptors (Lipinski definition) is 4. The number of carbonyl (C=O) groups excluding carboxylic acids is 2. The first-order valence-corrected chi connectivity index (χ1v) is 10.8. The predicted molar refractivity (Wildman–Crippen MR) is 102 cm³/mol. The van der Waals surface area contributed by atoms with Crippen LogP contribution in [0.25, 0.3) is 0 Å². The molecule has 8 heteroatoms. The predicted octanol–water partition coefficient (Wildman–Crippen LogP) is 1.00. The quantitative estimate of drug-likeness (QED) is 0.715. The van der Waals surface area contributed by atoms with Crippen molar-refractivity contribution in [3.63, 3.8) is 0 Å². The van der Waals surface area contributed by atoms with Gasteiger partial charge in [-0.2, -0.15) is 4.31 Å². The van der Waals surface area contributed by atoms with Crippen LogP contribution in [0, 0.1) is 19.8 Å². The minimum absolute atomic E-state index is 0.0873. The van der Waals surface area contributed by atoms with Gasteiger partial charge in [0.15, 0.2) is 0 Å². The number of benzene rings is 1. The Morgan fingerprint density at radius 3 is 2.26 bits per heavy atom. The molecule has 0 aliphatic carbocycles. The Balaban J connectivity index is 1.62. The van der Waals surface area contributed by atoms with Gasteiger partial charge in [0.05, 0.1) is 4.90 Å². The lowest BCUT2D eigenvalue weighted by molar-refractivity contribution is -0.140. The van der Waals surface area contributed by atoms with Gasteiger partial charge >= 0.3 is 0 Å². The average molecular weight is 394 g/mol. The molecular formula is C19H27N3O4S. The molecule has 2 fully saturated rings. The maximum absolute atomic E-state index is 13.0. The monoisotopic (exact) mass is 393 g/mol. The molecule has 0 spiro atoms. The van der Waals surface area contributed by atoms with Crippen LogP contribution in [0.1, 0.15) is 24.0 Å². The highest BCUT2D eigenvalue weighted by molar-refractivity contribution is 7.89. The molecule has 1 aromatic rings. The normalized spacial score (nSPS) is 19.9. The SMILES string of the molecule is Cc1ccc(C)c(S(=O)(=O)N2CCC(C(=O)N3CCN(C=O)CC3)CC2)c1. The van der Waals surface area contributed by atoms with Crippen LogP contribution in [0.5, 0.6) is 0 Å². The first-order chi connectivity index (χ1) is 12.8. The van der Waals surface area contributed by atoms with Gasteiger partial charge in [0.25, 0.3) is 0 Å². The van der Waals surface area contributed by atoms with Crippen molar-refractivity contribution in [3.8, 4) is 0 Å². The number of sulfonamides is 1. The first-order valence-electron chi connectivity index (χ1n) is 9.38. The highest BCUT2D eigenvalue weighted by atomic mass is 32.2. The molecule has 0 atom stereocenters. The van der Waals surface area contributed by atoms with E-state index in [0.29, 0.717) is 57.0 Å². The van der Waals surface area contributed by atoms with Gasteiger partial charge in [0.2, 0.25) is 22.3 Å². The Kier molecular flexibility index (Phi) is 5.86. The van der Waals surface area contributed by atoms with Crippen molar-refractivity contribution in [2.24, 2.45) is 5.92 Å². The summed E-state index contributed by atoms with van der Waals surface area (Å²) in [6.45, 7) is 6.65. The number of aryl methyl sites for hydroxylation is 2. The van der Waals surface area contributed by atoms with Gasteiger partial charge in [0.1, 0.15) is 0 Å². The Labute approximate surface area is 161 Å². The molecular weight excluding hydrogens is 366 g/mol. The Hall–Kier alpha value is -1.93. The van der Waals surface area contributed by atoms with Crippen LogP contribution >= 0.6 is 0 Å². The molecule has 27 heavy (non-hydrogen) atoms. The summed E-state index contributed by atoms with van der Waals surface area (Å²) in [5, 5.41) is 0. The van der Waals surface area contributed by atoms with Gasteiger partial charge in [-0.25, -0.2) is 8.42 Å².